The number of fused-ring (bicyclic) bond motifs is 1. The van der Waals surface area contributed by atoms with Gasteiger partial charge >= 0.3 is 6.03 Å². The maximum atomic E-state index is 13.9. The van der Waals surface area contributed by atoms with Crippen LogP contribution in [0, 0.1) is 5.82 Å². The Morgan fingerprint density at radius 1 is 1.10 bits per heavy atom. The van der Waals surface area contributed by atoms with Crippen LogP contribution < -0.4 is 20.1 Å². The fraction of sp³-hybridized carbons (Fsp3) is 0.0909. The second kappa shape index (κ2) is 8.53. The average molecular weight is 441 g/mol. The molecule has 0 fully saturated rings. The van der Waals surface area contributed by atoms with Crippen molar-refractivity contribution >= 4 is 39.9 Å². The molecular formula is C22H18ClFN4O3. The molecule has 0 unspecified atom stereocenters. The molecule has 9 heteroatoms. The Bertz CT molecular complexity index is 1260. The van der Waals surface area contributed by atoms with E-state index in [2.05, 4.69) is 20.6 Å². The Morgan fingerprint density at radius 3 is 2.61 bits per heavy atom. The van der Waals surface area contributed by atoms with Crippen LogP contribution in [0.25, 0.3) is 22.2 Å². The van der Waals surface area contributed by atoms with E-state index in [0.717, 1.165) is 5.56 Å². The summed E-state index contributed by atoms with van der Waals surface area (Å²) in [6.45, 7) is 0. The average Bonchev–Trinajstić information content (AvgIpc) is 3.12. The standard InChI is InChI=1S/C22H18ClFN4O3/c1-30-18-10-19(31-2)17(9-15(18)23)27-22(29)28-21-14-8-13(24)5-6-16(14)26-20(21)12-4-3-7-25-11-12/h3-11,26H,1-2H3,(H2,27,28,29). The van der Waals surface area contributed by atoms with Crippen LogP contribution in [0.3, 0.4) is 0 Å². The predicted molar refractivity (Wildman–Crippen MR) is 119 cm³/mol. The fourth-order valence-corrected chi connectivity index (χ4v) is 3.49. The Labute approximate surface area is 182 Å². The molecule has 0 aliphatic heterocycles. The summed E-state index contributed by atoms with van der Waals surface area (Å²) in [7, 11) is 2.95. The lowest BCUT2D eigenvalue weighted by Crippen LogP contribution is -2.20. The number of nitrogens with one attached hydrogen (secondary N) is 3. The van der Waals surface area contributed by atoms with Crippen molar-refractivity contribution < 1.29 is 18.7 Å². The molecular weight excluding hydrogens is 423 g/mol. The van der Waals surface area contributed by atoms with Crippen LogP contribution in [0.1, 0.15) is 0 Å². The molecule has 2 heterocycles. The van der Waals surface area contributed by atoms with Crippen molar-refractivity contribution in [3.05, 3.63) is 65.7 Å². The number of carbonyl (C=O) groups is 1. The predicted octanol–water partition coefficient (Wildman–Crippen LogP) is 5.68. The molecule has 4 rings (SSSR count). The van der Waals surface area contributed by atoms with Crippen molar-refractivity contribution in [3.63, 3.8) is 0 Å². The molecule has 158 valence electrons. The molecule has 4 aromatic rings. The number of anilines is 2. The van der Waals surface area contributed by atoms with E-state index in [1.165, 1.54) is 32.4 Å². The van der Waals surface area contributed by atoms with Gasteiger partial charge in [-0.25, -0.2) is 9.18 Å². The highest BCUT2D eigenvalue weighted by atomic mass is 35.5. The first-order chi connectivity index (χ1) is 15.0. The number of urea groups is 1. The molecule has 0 saturated carbocycles. The zero-order chi connectivity index (χ0) is 22.0. The Kier molecular flexibility index (Phi) is 5.64. The van der Waals surface area contributed by atoms with Gasteiger partial charge in [0.25, 0.3) is 0 Å². The number of pyridine rings is 1. The van der Waals surface area contributed by atoms with Crippen LogP contribution in [0.4, 0.5) is 20.6 Å². The van der Waals surface area contributed by atoms with Crippen LogP contribution in [0.5, 0.6) is 11.5 Å². The Morgan fingerprint density at radius 2 is 1.90 bits per heavy atom. The third-order valence-corrected chi connectivity index (χ3v) is 4.97. The van der Waals surface area contributed by atoms with Gasteiger partial charge in [-0.1, -0.05) is 11.6 Å². The lowest BCUT2D eigenvalue weighted by atomic mass is 10.1. The van der Waals surface area contributed by atoms with Crippen LogP contribution in [0.15, 0.2) is 54.9 Å². The summed E-state index contributed by atoms with van der Waals surface area (Å²) in [4.78, 5) is 20.2. The van der Waals surface area contributed by atoms with Crippen molar-refractivity contribution in [3.8, 4) is 22.8 Å². The molecule has 0 bridgehead atoms. The molecule has 0 saturated heterocycles. The maximum absolute atomic E-state index is 13.9. The van der Waals surface area contributed by atoms with E-state index < -0.39 is 11.8 Å². The van der Waals surface area contributed by atoms with E-state index in [1.807, 2.05) is 6.07 Å². The highest BCUT2D eigenvalue weighted by Gasteiger charge is 2.18. The SMILES string of the molecule is COc1cc(OC)c(NC(=O)Nc2c(-c3cccnc3)[nH]c3ccc(F)cc23)cc1Cl. The smallest absolute Gasteiger partial charge is 0.323 e. The van der Waals surface area contributed by atoms with E-state index in [0.29, 0.717) is 44.5 Å². The summed E-state index contributed by atoms with van der Waals surface area (Å²) in [5.74, 6) is 0.362. The molecule has 0 aliphatic carbocycles. The minimum atomic E-state index is -0.560. The number of aromatic amines is 1. The number of H-pyrrole nitrogens is 1. The lowest BCUT2D eigenvalue weighted by molar-refractivity contribution is 0.262. The second-order valence-electron chi connectivity index (χ2n) is 6.57. The molecule has 2 amide bonds. The first kappa shape index (κ1) is 20.5. The van der Waals surface area contributed by atoms with Crippen molar-refractivity contribution in [2.24, 2.45) is 0 Å². The van der Waals surface area contributed by atoms with E-state index in [4.69, 9.17) is 21.1 Å². The van der Waals surface area contributed by atoms with Gasteiger partial charge in [-0.3, -0.25) is 4.98 Å². The molecule has 0 spiro atoms. The van der Waals surface area contributed by atoms with Gasteiger partial charge in [-0.05, 0) is 36.4 Å². The Balaban J connectivity index is 1.71. The van der Waals surface area contributed by atoms with Crippen molar-refractivity contribution in [1.82, 2.24) is 9.97 Å². The highest BCUT2D eigenvalue weighted by molar-refractivity contribution is 6.32. The normalized spacial score (nSPS) is 10.7. The van der Waals surface area contributed by atoms with Gasteiger partial charge < -0.3 is 25.1 Å². The maximum Gasteiger partial charge on any atom is 0.323 e. The topological polar surface area (TPSA) is 88.3 Å². The van der Waals surface area contributed by atoms with E-state index >= 15 is 0 Å². The molecule has 31 heavy (non-hydrogen) atoms. The third-order valence-electron chi connectivity index (χ3n) is 4.67. The van der Waals surface area contributed by atoms with Gasteiger partial charge in [0.05, 0.1) is 36.3 Å². The number of carbonyl (C=O) groups excluding carboxylic acids is 1. The monoisotopic (exact) mass is 440 g/mol. The largest absolute Gasteiger partial charge is 0.495 e. The van der Waals surface area contributed by atoms with E-state index in [9.17, 15) is 9.18 Å². The van der Waals surface area contributed by atoms with Gasteiger partial charge in [0.1, 0.15) is 17.3 Å². The number of nitrogens with zero attached hydrogens (tertiary/aromatic N) is 1. The highest BCUT2D eigenvalue weighted by Crippen LogP contribution is 2.37. The van der Waals surface area contributed by atoms with E-state index in [1.54, 1.807) is 30.6 Å². The van der Waals surface area contributed by atoms with Crippen LogP contribution in [-0.4, -0.2) is 30.2 Å². The molecule has 0 atom stereocenters. The van der Waals surface area contributed by atoms with Gasteiger partial charge in [0.2, 0.25) is 0 Å². The number of halogens is 2. The van der Waals surface area contributed by atoms with Crippen molar-refractivity contribution in [2.75, 3.05) is 24.9 Å². The number of hydrogen-bond donors (Lipinski definition) is 3. The number of hydrogen-bond acceptors (Lipinski definition) is 4. The number of benzene rings is 2. The van der Waals surface area contributed by atoms with Gasteiger partial charge in [0.15, 0.2) is 0 Å². The summed E-state index contributed by atoms with van der Waals surface area (Å²) < 4.78 is 24.4. The van der Waals surface area contributed by atoms with Crippen LogP contribution >= 0.6 is 11.6 Å². The minimum absolute atomic E-state index is 0.309. The van der Waals surface area contributed by atoms with Crippen LogP contribution in [-0.2, 0) is 0 Å². The summed E-state index contributed by atoms with van der Waals surface area (Å²) >= 11 is 6.18. The summed E-state index contributed by atoms with van der Waals surface area (Å²) in [5.41, 5.74) is 2.77. The fourth-order valence-electron chi connectivity index (χ4n) is 3.25. The van der Waals surface area contributed by atoms with Gasteiger partial charge in [-0.2, -0.15) is 0 Å². The zero-order valence-corrected chi connectivity index (χ0v) is 17.4. The molecule has 0 aliphatic rings. The summed E-state index contributed by atoms with van der Waals surface area (Å²) in [5, 5.41) is 6.34. The molecule has 0 radical (unpaired) electrons. The summed E-state index contributed by atoms with van der Waals surface area (Å²) in [6, 6.07) is 10.5. The zero-order valence-electron chi connectivity index (χ0n) is 16.6. The molecule has 7 nitrogen and oxygen atoms in total. The van der Waals surface area contributed by atoms with Crippen molar-refractivity contribution in [1.29, 1.82) is 0 Å². The minimum Gasteiger partial charge on any atom is -0.495 e. The first-order valence-electron chi connectivity index (χ1n) is 9.21. The second-order valence-corrected chi connectivity index (χ2v) is 6.98. The first-order valence-corrected chi connectivity index (χ1v) is 9.59. The Hall–Kier alpha value is -3.78. The summed E-state index contributed by atoms with van der Waals surface area (Å²) in [6.07, 6.45) is 3.29. The van der Waals surface area contributed by atoms with Crippen molar-refractivity contribution in [2.45, 2.75) is 0 Å². The molecule has 2 aromatic carbocycles. The van der Waals surface area contributed by atoms with E-state index in [-0.39, 0.29) is 0 Å². The quantitative estimate of drug-likeness (QED) is 0.372. The van der Waals surface area contributed by atoms with Crippen LogP contribution in [0.2, 0.25) is 5.02 Å². The van der Waals surface area contributed by atoms with Gasteiger partial charge in [-0.15, -0.1) is 0 Å². The number of aromatic nitrogens is 2. The molecule has 2 aromatic heterocycles. The number of rotatable bonds is 5. The van der Waals surface area contributed by atoms with Gasteiger partial charge in [0, 0.05) is 34.9 Å². The third kappa shape index (κ3) is 4.10. The number of methoxy groups -OCH3 is 2. The lowest BCUT2D eigenvalue weighted by Gasteiger charge is -2.14. The molecule has 3 N–H and O–H groups in total. The number of ether oxygens (including phenoxy) is 2. The number of amides is 2.